The Morgan fingerprint density at radius 2 is 1.83 bits per heavy atom. The van der Waals surface area contributed by atoms with Gasteiger partial charge in [0.1, 0.15) is 5.76 Å². The molecule has 1 aliphatic rings. The quantitative estimate of drug-likeness (QED) is 0.323. The van der Waals surface area contributed by atoms with E-state index in [1.165, 1.54) is 18.0 Å². The van der Waals surface area contributed by atoms with E-state index < -0.39 is 5.92 Å². The number of dihydropyridines is 1. The number of thioether (sulfide) groups is 1. The number of nitriles is 1. The van der Waals surface area contributed by atoms with Gasteiger partial charge in [0.15, 0.2) is 0 Å². The summed E-state index contributed by atoms with van der Waals surface area (Å²) in [6.07, 6.45) is 1.51. The van der Waals surface area contributed by atoms with Gasteiger partial charge in [0.05, 0.1) is 40.2 Å². The van der Waals surface area contributed by atoms with E-state index in [1.807, 2.05) is 43.3 Å². The Bertz CT molecular complexity index is 1390. The van der Waals surface area contributed by atoms with Crippen LogP contribution in [0.25, 0.3) is 0 Å². The Balaban J connectivity index is 1.58. The molecular formula is C27H23BrN4O3S. The van der Waals surface area contributed by atoms with Gasteiger partial charge in [0.25, 0.3) is 5.91 Å². The smallest absolute Gasteiger partial charge is 0.254 e. The van der Waals surface area contributed by atoms with Crippen LogP contribution in [0.5, 0.6) is 0 Å². The molecule has 1 atom stereocenters. The van der Waals surface area contributed by atoms with Crippen molar-refractivity contribution in [2.45, 2.75) is 19.8 Å². The number of benzene rings is 2. The normalized spacial score (nSPS) is 15.2. The minimum Gasteiger partial charge on any atom is -0.468 e. The molecule has 0 bridgehead atoms. The SMILES string of the molecule is CC1=C(C(=O)Nc2ccccc2C)[C@H](c2ccco2)C(C#N)=C(SCC(=O)Nc2ccc(Br)cc2)N1. The largest absolute Gasteiger partial charge is 0.468 e. The lowest BCUT2D eigenvalue weighted by Gasteiger charge is -2.28. The second-order valence-corrected chi connectivity index (χ2v) is 9.98. The number of allylic oxidation sites excluding steroid dienone is 2. The summed E-state index contributed by atoms with van der Waals surface area (Å²) in [5, 5.41) is 19.6. The first-order valence-corrected chi connectivity index (χ1v) is 12.9. The van der Waals surface area contributed by atoms with Crippen molar-refractivity contribution >= 4 is 50.9 Å². The van der Waals surface area contributed by atoms with Crippen LogP contribution in [-0.2, 0) is 9.59 Å². The van der Waals surface area contributed by atoms with Gasteiger partial charge in [-0.25, -0.2) is 0 Å². The molecule has 7 nitrogen and oxygen atoms in total. The highest BCUT2D eigenvalue weighted by Crippen LogP contribution is 2.41. The number of hydrogen-bond donors (Lipinski definition) is 3. The number of furan rings is 1. The fraction of sp³-hybridized carbons (Fsp3) is 0.148. The van der Waals surface area contributed by atoms with Crippen LogP contribution in [0, 0.1) is 18.3 Å². The Labute approximate surface area is 221 Å². The highest BCUT2D eigenvalue weighted by atomic mass is 79.9. The number of rotatable bonds is 7. The van der Waals surface area contributed by atoms with Crippen molar-refractivity contribution in [3.8, 4) is 6.07 Å². The van der Waals surface area contributed by atoms with E-state index in [0.717, 1.165) is 10.0 Å². The van der Waals surface area contributed by atoms with E-state index >= 15 is 0 Å². The van der Waals surface area contributed by atoms with Gasteiger partial charge < -0.3 is 20.4 Å². The number of nitrogens with zero attached hydrogens (tertiary/aromatic N) is 1. The van der Waals surface area contributed by atoms with Gasteiger partial charge in [0, 0.05) is 21.5 Å². The van der Waals surface area contributed by atoms with Crippen molar-refractivity contribution in [3.05, 3.63) is 105 Å². The number of carbonyl (C=O) groups is 2. The summed E-state index contributed by atoms with van der Waals surface area (Å²) >= 11 is 4.57. The lowest BCUT2D eigenvalue weighted by molar-refractivity contribution is -0.114. The highest BCUT2D eigenvalue weighted by Gasteiger charge is 2.36. The van der Waals surface area contributed by atoms with E-state index in [-0.39, 0.29) is 17.6 Å². The zero-order valence-electron chi connectivity index (χ0n) is 19.6. The number of nitrogens with one attached hydrogen (secondary N) is 3. The highest BCUT2D eigenvalue weighted by molar-refractivity contribution is 9.10. The molecule has 0 fully saturated rings. The van der Waals surface area contributed by atoms with Crippen LogP contribution in [0.2, 0.25) is 0 Å². The van der Waals surface area contributed by atoms with E-state index in [1.54, 1.807) is 31.2 Å². The number of para-hydroxylation sites is 1. The first-order valence-electron chi connectivity index (χ1n) is 11.1. The topological polar surface area (TPSA) is 107 Å². The van der Waals surface area contributed by atoms with Crippen LogP contribution in [0.4, 0.5) is 11.4 Å². The molecule has 0 saturated heterocycles. The molecule has 182 valence electrons. The van der Waals surface area contributed by atoms with Crippen LogP contribution >= 0.6 is 27.7 Å². The number of carbonyl (C=O) groups excluding carboxylic acids is 2. The Kier molecular flexibility index (Phi) is 7.98. The van der Waals surface area contributed by atoms with Crippen LogP contribution in [0.3, 0.4) is 0 Å². The molecule has 1 aliphatic heterocycles. The lowest BCUT2D eigenvalue weighted by Crippen LogP contribution is -2.31. The maximum Gasteiger partial charge on any atom is 0.254 e. The summed E-state index contributed by atoms with van der Waals surface area (Å²) < 4.78 is 6.57. The van der Waals surface area contributed by atoms with Gasteiger partial charge in [-0.1, -0.05) is 45.9 Å². The lowest BCUT2D eigenvalue weighted by atomic mass is 9.85. The zero-order valence-corrected chi connectivity index (χ0v) is 22.0. The summed E-state index contributed by atoms with van der Waals surface area (Å²) in [7, 11) is 0. The van der Waals surface area contributed by atoms with Crippen molar-refractivity contribution in [2.24, 2.45) is 0 Å². The third kappa shape index (κ3) is 5.73. The minimum atomic E-state index is -0.715. The predicted molar refractivity (Wildman–Crippen MR) is 145 cm³/mol. The molecule has 3 aromatic rings. The van der Waals surface area contributed by atoms with Crippen molar-refractivity contribution < 1.29 is 14.0 Å². The van der Waals surface area contributed by atoms with E-state index in [9.17, 15) is 14.9 Å². The molecule has 2 heterocycles. The number of hydrogen-bond acceptors (Lipinski definition) is 6. The number of halogens is 1. The molecule has 0 aliphatic carbocycles. The molecule has 0 unspecified atom stereocenters. The van der Waals surface area contributed by atoms with Crippen molar-refractivity contribution in [1.82, 2.24) is 5.32 Å². The van der Waals surface area contributed by atoms with Crippen LogP contribution in [-0.4, -0.2) is 17.6 Å². The third-order valence-corrected chi connectivity index (χ3v) is 7.13. The monoisotopic (exact) mass is 562 g/mol. The number of amides is 2. The maximum absolute atomic E-state index is 13.4. The fourth-order valence-electron chi connectivity index (χ4n) is 3.84. The molecule has 0 radical (unpaired) electrons. The van der Waals surface area contributed by atoms with Gasteiger partial charge in [-0.2, -0.15) is 5.26 Å². The van der Waals surface area contributed by atoms with Gasteiger partial charge in [-0.15, -0.1) is 0 Å². The summed E-state index contributed by atoms with van der Waals surface area (Å²) in [4.78, 5) is 26.0. The first kappa shape index (κ1) is 25.4. The van der Waals surface area contributed by atoms with Gasteiger partial charge in [0.2, 0.25) is 5.91 Å². The van der Waals surface area contributed by atoms with Crippen molar-refractivity contribution in [1.29, 1.82) is 5.26 Å². The van der Waals surface area contributed by atoms with Gasteiger partial charge >= 0.3 is 0 Å². The molecule has 2 aromatic carbocycles. The maximum atomic E-state index is 13.4. The Morgan fingerprint density at radius 3 is 2.50 bits per heavy atom. The average molecular weight is 563 g/mol. The van der Waals surface area contributed by atoms with Gasteiger partial charge in [-0.05, 0) is 61.9 Å². The minimum absolute atomic E-state index is 0.0759. The second kappa shape index (κ2) is 11.3. The van der Waals surface area contributed by atoms with Crippen LogP contribution in [0.1, 0.15) is 24.2 Å². The van der Waals surface area contributed by atoms with Gasteiger partial charge in [-0.3, -0.25) is 9.59 Å². The summed E-state index contributed by atoms with van der Waals surface area (Å²) in [6.45, 7) is 3.69. The van der Waals surface area contributed by atoms with E-state index in [2.05, 4.69) is 37.9 Å². The van der Waals surface area contributed by atoms with E-state index in [0.29, 0.717) is 39.0 Å². The molecule has 9 heteroatoms. The summed E-state index contributed by atoms with van der Waals surface area (Å²) in [5.41, 5.74) is 3.56. The third-order valence-electron chi connectivity index (χ3n) is 5.59. The fourth-order valence-corrected chi connectivity index (χ4v) is 4.99. The summed E-state index contributed by atoms with van der Waals surface area (Å²) in [6, 6.07) is 20.5. The second-order valence-electron chi connectivity index (χ2n) is 8.08. The van der Waals surface area contributed by atoms with E-state index in [4.69, 9.17) is 4.42 Å². The standard InChI is InChI=1S/C27H23BrN4O3S/c1-16-6-3-4-7-21(16)32-26(34)24-17(2)30-27(20(14-29)25(24)22-8-5-13-35-22)36-15-23(33)31-19-11-9-18(28)10-12-19/h3-13,25,30H,15H2,1-2H3,(H,31,33)(H,32,34)/t25-/m0/s1. The predicted octanol–water partition coefficient (Wildman–Crippen LogP) is 6.06. The molecule has 3 N–H and O–H groups in total. The van der Waals surface area contributed by atoms with Crippen LogP contribution in [0.15, 0.2) is 97.7 Å². The van der Waals surface area contributed by atoms with Crippen LogP contribution < -0.4 is 16.0 Å². The number of aryl methyl sites for hydroxylation is 1. The molecule has 0 spiro atoms. The molecule has 2 amide bonds. The van der Waals surface area contributed by atoms with Crippen molar-refractivity contribution in [3.63, 3.8) is 0 Å². The molecule has 1 aromatic heterocycles. The molecule has 4 rings (SSSR count). The average Bonchev–Trinajstić information content (AvgIpc) is 3.39. The summed E-state index contributed by atoms with van der Waals surface area (Å²) in [5.74, 6) is -0.715. The first-order chi connectivity index (χ1) is 17.4. The Hall–Kier alpha value is -3.74. The molecule has 0 saturated carbocycles. The molecule has 36 heavy (non-hydrogen) atoms. The molecular weight excluding hydrogens is 540 g/mol. The zero-order chi connectivity index (χ0) is 25.7. The Morgan fingerprint density at radius 1 is 1.08 bits per heavy atom. The van der Waals surface area contributed by atoms with Crippen molar-refractivity contribution in [2.75, 3.05) is 16.4 Å². The number of anilines is 2.